The smallest absolute Gasteiger partial charge is 0.177 e. The zero-order valence-electron chi connectivity index (χ0n) is 7.53. The summed E-state index contributed by atoms with van der Waals surface area (Å²) in [5.74, 6) is -0.822. The number of hydrogen-bond acceptors (Lipinski definition) is 3. The number of halogens is 1. The number of carbonyl (C=O) groups is 1. The van der Waals surface area contributed by atoms with Crippen LogP contribution in [-0.4, -0.2) is 26.2 Å². The maximum Gasteiger partial charge on any atom is 0.177 e. The number of Topliss-reactive ketones (excluding diaryl/α,β-unsaturated/α-hetero) is 1. The molecule has 0 fully saturated rings. The first kappa shape index (κ1) is 11.4. The Bertz CT molecular complexity index is 451. The summed E-state index contributed by atoms with van der Waals surface area (Å²) < 4.78 is 22.5. The first-order valence-electron chi connectivity index (χ1n) is 3.85. The second-order valence-electron chi connectivity index (χ2n) is 3.00. The number of rotatable bonds is 3. The van der Waals surface area contributed by atoms with Crippen LogP contribution < -0.4 is 0 Å². The van der Waals surface area contributed by atoms with Crippen molar-refractivity contribution in [3.63, 3.8) is 0 Å². The summed E-state index contributed by atoms with van der Waals surface area (Å²) in [6.07, 6.45) is 1.04. The van der Waals surface area contributed by atoms with Crippen LogP contribution in [0.5, 0.6) is 0 Å². The van der Waals surface area contributed by atoms with Gasteiger partial charge < -0.3 is 0 Å². The Kier molecular flexibility index (Phi) is 3.44. The van der Waals surface area contributed by atoms with E-state index in [1.54, 1.807) is 24.3 Å². The lowest BCUT2D eigenvalue weighted by molar-refractivity contribution is 0.102. The molecule has 0 saturated carbocycles. The van der Waals surface area contributed by atoms with Crippen LogP contribution in [0.3, 0.4) is 0 Å². The predicted octanol–water partition coefficient (Wildman–Crippen LogP) is 1.68. The summed E-state index contributed by atoms with van der Waals surface area (Å²) in [7, 11) is -3.25. The molecule has 3 nitrogen and oxygen atoms in total. The van der Waals surface area contributed by atoms with E-state index in [1.165, 1.54) is 0 Å². The molecule has 0 radical (unpaired) electrons. The molecule has 0 aromatic heterocycles. The zero-order chi connectivity index (χ0) is 10.8. The molecule has 0 unspecified atom stereocenters. The Hall–Kier alpha value is -0.680. The van der Waals surface area contributed by atoms with Crippen LogP contribution in [0.15, 0.2) is 28.7 Å². The molecule has 14 heavy (non-hydrogen) atoms. The van der Waals surface area contributed by atoms with Crippen LogP contribution in [-0.2, 0) is 9.84 Å². The minimum absolute atomic E-state index is 0.381. The van der Waals surface area contributed by atoms with Crippen LogP contribution in [0.1, 0.15) is 10.4 Å². The standard InChI is InChI=1S/C9H9BrO3S/c1-14(12,13)6-9(11)7-3-2-4-8(10)5-7/h2-5H,6H2,1H3. The lowest BCUT2D eigenvalue weighted by Gasteiger charge is -1.99. The molecule has 0 aliphatic carbocycles. The van der Waals surface area contributed by atoms with E-state index < -0.39 is 15.6 Å². The molecule has 0 amide bonds. The van der Waals surface area contributed by atoms with Gasteiger partial charge in [-0.3, -0.25) is 4.79 Å². The van der Waals surface area contributed by atoms with Gasteiger partial charge in [0, 0.05) is 16.3 Å². The van der Waals surface area contributed by atoms with Crippen molar-refractivity contribution in [1.82, 2.24) is 0 Å². The van der Waals surface area contributed by atoms with Gasteiger partial charge in [-0.25, -0.2) is 8.42 Å². The van der Waals surface area contributed by atoms with E-state index in [2.05, 4.69) is 15.9 Å². The molecule has 0 atom stereocenters. The number of hydrogen-bond donors (Lipinski definition) is 0. The Morgan fingerprint density at radius 1 is 1.43 bits per heavy atom. The van der Waals surface area contributed by atoms with Crippen LogP contribution in [0.4, 0.5) is 0 Å². The van der Waals surface area contributed by atoms with Crippen molar-refractivity contribution in [1.29, 1.82) is 0 Å². The highest BCUT2D eigenvalue weighted by Crippen LogP contribution is 2.12. The first-order chi connectivity index (χ1) is 6.38. The van der Waals surface area contributed by atoms with Crippen molar-refractivity contribution in [2.45, 2.75) is 0 Å². The third-order valence-electron chi connectivity index (χ3n) is 1.54. The summed E-state index contributed by atoms with van der Waals surface area (Å²) in [5, 5.41) is 0. The molecule has 1 aromatic rings. The van der Waals surface area contributed by atoms with Crippen LogP contribution in [0, 0.1) is 0 Å². The summed E-state index contributed by atoms with van der Waals surface area (Å²) in [6.45, 7) is 0. The van der Waals surface area contributed by atoms with Gasteiger partial charge in [0.15, 0.2) is 15.6 Å². The fraction of sp³-hybridized carbons (Fsp3) is 0.222. The van der Waals surface area contributed by atoms with E-state index in [4.69, 9.17) is 0 Å². The fourth-order valence-corrected chi connectivity index (χ4v) is 2.03. The number of sulfone groups is 1. The molecule has 0 bridgehead atoms. The summed E-state index contributed by atoms with van der Waals surface area (Å²) in [4.78, 5) is 11.4. The topological polar surface area (TPSA) is 51.2 Å². The highest BCUT2D eigenvalue weighted by atomic mass is 79.9. The van der Waals surface area contributed by atoms with E-state index in [1.807, 2.05) is 0 Å². The van der Waals surface area contributed by atoms with E-state index in [0.717, 1.165) is 10.7 Å². The van der Waals surface area contributed by atoms with Gasteiger partial charge in [0.2, 0.25) is 0 Å². The molecular weight excluding hydrogens is 268 g/mol. The SMILES string of the molecule is CS(=O)(=O)CC(=O)c1cccc(Br)c1. The average Bonchev–Trinajstić information content (AvgIpc) is 2.01. The highest BCUT2D eigenvalue weighted by molar-refractivity contribution is 9.10. The maximum absolute atomic E-state index is 11.4. The molecule has 1 aromatic carbocycles. The minimum Gasteiger partial charge on any atom is -0.293 e. The Balaban J connectivity index is 2.91. The first-order valence-corrected chi connectivity index (χ1v) is 6.70. The number of ketones is 1. The van der Waals surface area contributed by atoms with E-state index in [9.17, 15) is 13.2 Å². The molecule has 0 aliphatic rings. The van der Waals surface area contributed by atoms with E-state index >= 15 is 0 Å². The lowest BCUT2D eigenvalue weighted by Crippen LogP contribution is -2.14. The molecule has 5 heteroatoms. The van der Waals surface area contributed by atoms with Crippen molar-refractivity contribution < 1.29 is 13.2 Å². The van der Waals surface area contributed by atoms with E-state index in [-0.39, 0.29) is 5.78 Å². The van der Waals surface area contributed by atoms with Gasteiger partial charge in [-0.2, -0.15) is 0 Å². The zero-order valence-corrected chi connectivity index (χ0v) is 9.93. The molecule has 0 heterocycles. The molecule has 0 N–H and O–H groups in total. The Morgan fingerprint density at radius 3 is 2.57 bits per heavy atom. The van der Waals surface area contributed by atoms with Gasteiger partial charge in [0.1, 0.15) is 5.75 Å². The number of benzene rings is 1. The second kappa shape index (κ2) is 4.23. The van der Waals surface area contributed by atoms with Gasteiger partial charge in [-0.05, 0) is 12.1 Å². The minimum atomic E-state index is -3.25. The molecular formula is C9H9BrO3S. The van der Waals surface area contributed by atoms with Gasteiger partial charge >= 0.3 is 0 Å². The van der Waals surface area contributed by atoms with Gasteiger partial charge in [0.25, 0.3) is 0 Å². The third kappa shape index (κ3) is 3.59. The second-order valence-corrected chi connectivity index (χ2v) is 6.06. The van der Waals surface area contributed by atoms with Crippen molar-refractivity contribution >= 4 is 31.6 Å². The van der Waals surface area contributed by atoms with Crippen molar-refractivity contribution in [2.75, 3.05) is 12.0 Å². The molecule has 0 aliphatic heterocycles. The third-order valence-corrected chi connectivity index (χ3v) is 2.82. The average molecular weight is 277 g/mol. The van der Waals surface area contributed by atoms with Crippen molar-refractivity contribution in [3.8, 4) is 0 Å². The Morgan fingerprint density at radius 2 is 2.07 bits per heavy atom. The fourth-order valence-electron chi connectivity index (χ4n) is 0.983. The van der Waals surface area contributed by atoms with Gasteiger partial charge in [-0.1, -0.05) is 28.1 Å². The molecule has 1 rings (SSSR count). The lowest BCUT2D eigenvalue weighted by atomic mass is 10.2. The van der Waals surface area contributed by atoms with Crippen LogP contribution in [0.25, 0.3) is 0 Å². The van der Waals surface area contributed by atoms with Crippen LogP contribution in [0.2, 0.25) is 0 Å². The normalized spacial score (nSPS) is 11.3. The number of carbonyl (C=O) groups excluding carboxylic acids is 1. The highest BCUT2D eigenvalue weighted by Gasteiger charge is 2.12. The van der Waals surface area contributed by atoms with E-state index in [0.29, 0.717) is 5.56 Å². The van der Waals surface area contributed by atoms with Gasteiger partial charge in [0.05, 0.1) is 0 Å². The molecule has 76 valence electrons. The molecule has 0 spiro atoms. The summed E-state index contributed by atoms with van der Waals surface area (Å²) in [6, 6.07) is 6.67. The van der Waals surface area contributed by atoms with Gasteiger partial charge in [-0.15, -0.1) is 0 Å². The summed E-state index contributed by atoms with van der Waals surface area (Å²) in [5.41, 5.74) is 0.407. The summed E-state index contributed by atoms with van der Waals surface area (Å²) >= 11 is 3.21. The maximum atomic E-state index is 11.4. The monoisotopic (exact) mass is 276 g/mol. The van der Waals surface area contributed by atoms with Crippen LogP contribution >= 0.6 is 15.9 Å². The Labute approximate surface area is 91.2 Å². The quantitative estimate of drug-likeness (QED) is 0.790. The largest absolute Gasteiger partial charge is 0.293 e. The predicted molar refractivity (Wildman–Crippen MR) is 58.2 cm³/mol. The molecule has 0 saturated heterocycles. The van der Waals surface area contributed by atoms with Crippen molar-refractivity contribution in [2.24, 2.45) is 0 Å². The van der Waals surface area contributed by atoms with Crippen molar-refractivity contribution in [3.05, 3.63) is 34.3 Å².